The van der Waals surface area contributed by atoms with Crippen molar-refractivity contribution in [3.8, 4) is 0 Å². The number of benzene rings is 2. The second-order valence-electron chi connectivity index (χ2n) is 7.84. The molecule has 0 N–H and O–H groups in total. The van der Waals surface area contributed by atoms with Crippen molar-refractivity contribution in [2.75, 3.05) is 18.0 Å². The third-order valence-corrected chi connectivity index (χ3v) is 5.49. The fourth-order valence-corrected chi connectivity index (χ4v) is 4.28. The Kier molecular flexibility index (Phi) is 4.63. The van der Waals surface area contributed by atoms with Crippen molar-refractivity contribution in [1.82, 2.24) is 4.90 Å². The van der Waals surface area contributed by atoms with Gasteiger partial charge in [-0.05, 0) is 51.0 Å². The molecule has 2 atom stereocenters. The van der Waals surface area contributed by atoms with Crippen molar-refractivity contribution < 1.29 is 0 Å². The van der Waals surface area contributed by atoms with Gasteiger partial charge in [-0.3, -0.25) is 4.90 Å². The standard InChI is InChI=1S/C21H26N2.ClH/c1-21(2,3)22-14-13-20-18(15-22)17-11-7-8-12-19(17)23(20)16-9-5-4-6-10-16;/h4-12,18,20H,13-15H2,1-3H3;1H/t18-,20+;/m0./s1. The monoisotopic (exact) mass is 342 g/mol. The molecule has 4 rings (SSSR count). The van der Waals surface area contributed by atoms with E-state index in [1.54, 1.807) is 0 Å². The third kappa shape index (κ3) is 2.82. The largest absolute Gasteiger partial charge is 0.337 e. The highest BCUT2D eigenvalue weighted by atomic mass is 35.5. The zero-order valence-electron chi connectivity index (χ0n) is 14.8. The number of anilines is 2. The van der Waals surface area contributed by atoms with Crippen LogP contribution in [0.1, 0.15) is 38.7 Å². The molecule has 2 heterocycles. The zero-order valence-corrected chi connectivity index (χ0v) is 15.6. The number of nitrogens with zero attached hydrogens (tertiary/aromatic N) is 2. The van der Waals surface area contributed by atoms with Crippen LogP contribution < -0.4 is 4.90 Å². The number of para-hydroxylation sites is 2. The normalized spacial score (nSPS) is 23.4. The van der Waals surface area contributed by atoms with Crippen LogP contribution in [0.5, 0.6) is 0 Å². The van der Waals surface area contributed by atoms with Crippen LogP contribution in [0.15, 0.2) is 54.6 Å². The highest BCUT2D eigenvalue weighted by Crippen LogP contribution is 2.48. The minimum absolute atomic E-state index is 0. The molecule has 2 aromatic carbocycles. The van der Waals surface area contributed by atoms with E-state index in [1.807, 2.05) is 0 Å². The molecule has 3 heteroatoms. The fraction of sp³-hybridized carbons (Fsp3) is 0.429. The molecule has 24 heavy (non-hydrogen) atoms. The van der Waals surface area contributed by atoms with Crippen molar-refractivity contribution in [2.24, 2.45) is 0 Å². The minimum Gasteiger partial charge on any atom is -0.337 e. The van der Waals surface area contributed by atoms with Gasteiger partial charge in [0.05, 0.1) is 0 Å². The van der Waals surface area contributed by atoms with Crippen molar-refractivity contribution >= 4 is 23.8 Å². The van der Waals surface area contributed by atoms with E-state index in [4.69, 9.17) is 0 Å². The van der Waals surface area contributed by atoms with Gasteiger partial charge in [-0.1, -0.05) is 36.4 Å². The highest BCUT2D eigenvalue weighted by Gasteiger charge is 2.43. The second kappa shape index (κ2) is 6.42. The van der Waals surface area contributed by atoms with E-state index >= 15 is 0 Å². The molecule has 1 saturated heterocycles. The number of rotatable bonds is 1. The zero-order chi connectivity index (χ0) is 16.0. The number of fused-ring (bicyclic) bond motifs is 3. The lowest BCUT2D eigenvalue weighted by atomic mass is 9.86. The third-order valence-electron chi connectivity index (χ3n) is 5.49. The van der Waals surface area contributed by atoms with Crippen LogP contribution in [0.3, 0.4) is 0 Å². The first-order valence-electron chi connectivity index (χ1n) is 8.74. The van der Waals surface area contributed by atoms with Crippen molar-refractivity contribution in [3.63, 3.8) is 0 Å². The maximum atomic E-state index is 2.65. The van der Waals surface area contributed by atoms with Gasteiger partial charge in [0.25, 0.3) is 0 Å². The lowest BCUT2D eigenvalue weighted by molar-refractivity contribution is 0.0932. The fourth-order valence-electron chi connectivity index (χ4n) is 4.28. The summed E-state index contributed by atoms with van der Waals surface area (Å²) in [6.45, 7) is 9.35. The Balaban J connectivity index is 0.00000169. The molecule has 0 bridgehead atoms. The van der Waals surface area contributed by atoms with E-state index in [1.165, 1.54) is 29.9 Å². The summed E-state index contributed by atoms with van der Waals surface area (Å²) in [6, 6.07) is 20.5. The van der Waals surface area contributed by atoms with Crippen molar-refractivity contribution in [3.05, 3.63) is 60.2 Å². The molecule has 0 amide bonds. The first-order chi connectivity index (χ1) is 11.1. The Labute approximate surface area is 151 Å². The van der Waals surface area contributed by atoms with Crippen LogP contribution in [-0.4, -0.2) is 29.6 Å². The van der Waals surface area contributed by atoms with Gasteiger partial charge in [-0.25, -0.2) is 0 Å². The topological polar surface area (TPSA) is 6.48 Å². The van der Waals surface area contributed by atoms with E-state index in [9.17, 15) is 0 Å². The van der Waals surface area contributed by atoms with Gasteiger partial charge in [-0.15, -0.1) is 12.4 Å². The Bertz CT molecular complexity index is 692. The Morgan fingerprint density at radius 2 is 1.58 bits per heavy atom. The number of likely N-dealkylation sites (tertiary alicyclic amines) is 1. The van der Waals surface area contributed by atoms with Gasteiger partial charge in [0.15, 0.2) is 0 Å². The first-order valence-corrected chi connectivity index (χ1v) is 8.74. The molecule has 128 valence electrons. The van der Waals surface area contributed by atoms with E-state index in [2.05, 4.69) is 85.2 Å². The van der Waals surface area contributed by atoms with Crippen LogP contribution in [0.25, 0.3) is 0 Å². The van der Waals surface area contributed by atoms with E-state index in [-0.39, 0.29) is 17.9 Å². The van der Waals surface area contributed by atoms with Gasteiger partial charge < -0.3 is 4.90 Å². The molecule has 2 aliphatic heterocycles. The molecule has 0 spiro atoms. The summed E-state index contributed by atoms with van der Waals surface area (Å²) in [4.78, 5) is 5.24. The van der Waals surface area contributed by atoms with E-state index in [0.717, 1.165) is 6.54 Å². The Morgan fingerprint density at radius 1 is 0.917 bits per heavy atom. The molecule has 0 aromatic heterocycles. The quantitative estimate of drug-likeness (QED) is 0.701. The number of hydrogen-bond donors (Lipinski definition) is 0. The smallest absolute Gasteiger partial charge is 0.0450 e. The van der Waals surface area contributed by atoms with E-state index in [0.29, 0.717) is 12.0 Å². The molecule has 0 saturated carbocycles. The van der Waals surface area contributed by atoms with Gasteiger partial charge in [-0.2, -0.15) is 0 Å². The van der Waals surface area contributed by atoms with Gasteiger partial charge >= 0.3 is 0 Å². The summed E-state index contributed by atoms with van der Waals surface area (Å²) < 4.78 is 0. The molecular weight excluding hydrogens is 316 g/mol. The maximum absolute atomic E-state index is 2.65. The Hall–Kier alpha value is -1.51. The summed E-state index contributed by atoms with van der Waals surface area (Å²) in [5.74, 6) is 0.611. The van der Waals surface area contributed by atoms with Crippen LogP contribution in [0.4, 0.5) is 11.4 Å². The van der Waals surface area contributed by atoms with Crippen LogP contribution in [0, 0.1) is 0 Å². The number of hydrogen-bond acceptors (Lipinski definition) is 2. The van der Waals surface area contributed by atoms with Crippen LogP contribution >= 0.6 is 12.4 Å². The number of halogens is 1. The van der Waals surface area contributed by atoms with Crippen molar-refractivity contribution in [2.45, 2.75) is 44.7 Å². The van der Waals surface area contributed by atoms with Gasteiger partial charge in [0, 0.05) is 42.0 Å². The molecule has 0 unspecified atom stereocenters. The summed E-state index contributed by atoms with van der Waals surface area (Å²) in [6.07, 6.45) is 1.23. The molecule has 2 aromatic rings. The van der Waals surface area contributed by atoms with Crippen LogP contribution in [-0.2, 0) is 0 Å². The number of piperidine rings is 1. The van der Waals surface area contributed by atoms with Gasteiger partial charge in [0.1, 0.15) is 0 Å². The average molecular weight is 343 g/mol. The second-order valence-corrected chi connectivity index (χ2v) is 7.84. The van der Waals surface area contributed by atoms with E-state index < -0.39 is 0 Å². The van der Waals surface area contributed by atoms with Crippen molar-refractivity contribution in [1.29, 1.82) is 0 Å². The van der Waals surface area contributed by atoms with Gasteiger partial charge in [0.2, 0.25) is 0 Å². The molecular formula is C21H27ClN2. The SMILES string of the molecule is CC(C)(C)N1CC[C@@H]2[C@@H](C1)c1ccccc1N2c1ccccc1.Cl. The lowest BCUT2D eigenvalue weighted by Crippen LogP contribution is -2.51. The summed E-state index contributed by atoms with van der Waals surface area (Å²) in [5, 5.41) is 0. The molecule has 2 nitrogen and oxygen atoms in total. The minimum atomic E-state index is 0. The highest BCUT2D eigenvalue weighted by molar-refractivity contribution is 5.85. The molecule has 2 aliphatic rings. The summed E-state index contributed by atoms with van der Waals surface area (Å²) >= 11 is 0. The predicted octanol–water partition coefficient (Wildman–Crippen LogP) is 5.22. The lowest BCUT2D eigenvalue weighted by Gasteiger charge is -2.44. The predicted molar refractivity (Wildman–Crippen MR) is 105 cm³/mol. The molecule has 0 radical (unpaired) electrons. The average Bonchev–Trinajstić information content (AvgIpc) is 2.88. The molecule has 0 aliphatic carbocycles. The first kappa shape index (κ1) is 17.3. The van der Waals surface area contributed by atoms with Crippen LogP contribution in [0.2, 0.25) is 0 Å². The Morgan fingerprint density at radius 3 is 2.29 bits per heavy atom. The molecule has 1 fully saturated rings. The summed E-state index contributed by atoms with van der Waals surface area (Å²) in [5.41, 5.74) is 4.51. The maximum Gasteiger partial charge on any atom is 0.0450 e. The summed E-state index contributed by atoms with van der Waals surface area (Å²) in [7, 11) is 0.